The molecule has 79 valence electrons. The second-order valence-electron chi connectivity index (χ2n) is 5.16. The molecule has 0 nitrogen and oxygen atoms in total. The quantitative estimate of drug-likeness (QED) is 0.620. The van der Waals surface area contributed by atoms with Crippen molar-refractivity contribution in [1.82, 2.24) is 0 Å². The Morgan fingerprint density at radius 3 is 1.21 bits per heavy atom. The first-order valence-electron chi connectivity index (χ1n) is 5.73. The topological polar surface area (TPSA) is 0 Å². The van der Waals surface area contributed by atoms with Gasteiger partial charge in [0.15, 0.2) is 0 Å². The van der Waals surface area contributed by atoms with E-state index in [2.05, 4.69) is 53.7 Å². The number of allylic oxidation sites excluding steroid dienone is 4. The molecule has 0 amide bonds. The van der Waals surface area contributed by atoms with Gasteiger partial charge >= 0.3 is 0 Å². The van der Waals surface area contributed by atoms with Crippen LogP contribution in [0.15, 0.2) is 23.3 Å². The summed E-state index contributed by atoms with van der Waals surface area (Å²) in [7, 11) is 0. The van der Waals surface area contributed by atoms with Crippen LogP contribution in [0.1, 0.15) is 41.5 Å². The molecule has 1 radical (unpaired) electrons. The van der Waals surface area contributed by atoms with Gasteiger partial charge in [-0.3, -0.25) is 0 Å². The molecular weight excluding hydrogens is 168 g/mol. The maximum absolute atomic E-state index is 2.39. The largest absolute Gasteiger partial charge is 0.0693 e. The zero-order valence-electron chi connectivity index (χ0n) is 10.4. The molecule has 0 heterocycles. The first-order valence-corrected chi connectivity index (χ1v) is 5.73. The Hall–Kier alpha value is -0.520. The van der Waals surface area contributed by atoms with Crippen LogP contribution in [0.3, 0.4) is 0 Å². The monoisotopic (exact) mass is 191 g/mol. The minimum atomic E-state index is 0.653. The normalized spacial score (nSPS) is 18.4. The van der Waals surface area contributed by atoms with Crippen molar-refractivity contribution in [2.45, 2.75) is 41.5 Å². The van der Waals surface area contributed by atoms with Gasteiger partial charge in [-0.05, 0) is 28.9 Å². The van der Waals surface area contributed by atoms with Gasteiger partial charge in [0.25, 0.3) is 0 Å². The molecule has 0 saturated heterocycles. The molecule has 1 rings (SSSR count). The lowest BCUT2D eigenvalue weighted by molar-refractivity contribution is 0.707. The summed E-state index contributed by atoms with van der Waals surface area (Å²) in [5.74, 6) is 3.46. The fourth-order valence-corrected chi connectivity index (χ4v) is 1.90. The van der Waals surface area contributed by atoms with Gasteiger partial charge in [-0.15, -0.1) is 0 Å². The molecule has 0 aliphatic heterocycles. The predicted octanol–water partition coefficient (Wildman–Crippen LogP) is 4.40. The average Bonchev–Trinajstić information content (AvgIpc) is 2.47. The molecule has 0 aromatic rings. The molecule has 0 heteroatoms. The summed E-state index contributed by atoms with van der Waals surface area (Å²) in [5.41, 5.74) is 3.09. The summed E-state index contributed by atoms with van der Waals surface area (Å²) in [6, 6.07) is 0. The molecule has 0 aromatic heterocycles. The van der Waals surface area contributed by atoms with E-state index in [1.807, 2.05) is 0 Å². The maximum Gasteiger partial charge on any atom is 0.0225 e. The van der Waals surface area contributed by atoms with E-state index in [1.54, 1.807) is 11.1 Å². The molecule has 0 aromatic carbocycles. The highest BCUT2D eigenvalue weighted by Gasteiger charge is 2.23. The van der Waals surface area contributed by atoms with Gasteiger partial charge in [0.2, 0.25) is 0 Å². The summed E-state index contributed by atoms with van der Waals surface area (Å²) < 4.78 is 0. The van der Waals surface area contributed by atoms with E-state index in [1.165, 1.54) is 5.92 Å². The van der Waals surface area contributed by atoms with Crippen LogP contribution in [0.25, 0.3) is 0 Å². The molecule has 0 atom stereocenters. The van der Waals surface area contributed by atoms with E-state index in [4.69, 9.17) is 0 Å². The van der Waals surface area contributed by atoms with Crippen molar-refractivity contribution in [3.8, 4) is 0 Å². The van der Waals surface area contributed by atoms with E-state index >= 15 is 0 Å². The van der Waals surface area contributed by atoms with Crippen molar-refractivity contribution in [2.75, 3.05) is 0 Å². The van der Waals surface area contributed by atoms with Crippen LogP contribution in [0.5, 0.6) is 0 Å². The second kappa shape index (κ2) is 4.33. The summed E-state index contributed by atoms with van der Waals surface area (Å²) in [5, 5.41) is 0. The van der Waals surface area contributed by atoms with E-state index in [0.29, 0.717) is 17.8 Å². The molecule has 1 aliphatic rings. The molecule has 0 saturated carbocycles. The zero-order valence-corrected chi connectivity index (χ0v) is 10.4. The van der Waals surface area contributed by atoms with E-state index in [0.717, 1.165) is 0 Å². The highest BCUT2D eigenvalue weighted by Crippen LogP contribution is 2.37. The van der Waals surface area contributed by atoms with Gasteiger partial charge in [-0.1, -0.05) is 53.7 Å². The molecule has 0 unspecified atom stereocenters. The van der Waals surface area contributed by atoms with Gasteiger partial charge in [-0.25, -0.2) is 0 Å². The van der Waals surface area contributed by atoms with Crippen molar-refractivity contribution in [1.29, 1.82) is 0 Å². The second-order valence-corrected chi connectivity index (χ2v) is 5.16. The number of rotatable bonds is 3. The number of hydrogen-bond donors (Lipinski definition) is 0. The molecular formula is C14H23. The summed E-state index contributed by atoms with van der Waals surface area (Å²) >= 11 is 0. The van der Waals surface area contributed by atoms with Gasteiger partial charge < -0.3 is 0 Å². The smallest absolute Gasteiger partial charge is 0.0225 e. The van der Waals surface area contributed by atoms with Crippen LogP contribution in [0.4, 0.5) is 0 Å². The molecule has 0 bridgehead atoms. The summed E-state index contributed by atoms with van der Waals surface area (Å²) in [6.45, 7) is 13.7. The van der Waals surface area contributed by atoms with Crippen LogP contribution in [0, 0.1) is 23.7 Å². The molecule has 0 spiro atoms. The van der Waals surface area contributed by atoms with Crippen LogP contribution >= 0.6 is 0 Å². The molecule has 0 N–H and O–H groups in total. The Morgan fingerprint density at radius 1 is 0.643 bits per heavy atom. The summed E-state index contributed by atoms with van der Waals surface area (Å²) in [6.07, 6.45) is 4.79. The average molecular weight is 191 g/mol. The van der Waals surface area contributed by atoms with Crippen molar-refractivity contribution < 1.29 is 0 Å². The van der Waals surface area contributed by atoms with Crippen LogP contribution in [-0.4, -0.2) is 0 Å². The fourth-order valence-electron chi connectivity index (χ4n) is 1.90. The highest BCUT2D eigenvalue weighted by molar-refractivity contribution is 5.50. The van der Waals surface area contributed by atoms with Gasteiger partial charge in [0.1, 0.15) is 0 Å². The lowest BCUT2D eigenvalue weighted by Crippen LogP contribution is -2.00. The van der Waals surface area contributed by atoms with Crippen molar-refractivity contribution in [2.24, 2.45) is 17.8 Å². The predicted molar refractivity (Wildman–Crippen MR) is 63.9 cm³/mol. The molecule has 1 aliphatic carbocycles. The lowest BCUT2D eigenvalue weighted by atomic mass is 9.91. The number of hydrogen-bond acceptors (Lipinski definition) is 0. The minimum absolute atomic E-state index is 0.653. The minimum Gasteiger partial charge on any atom is -0.0693 e. The Bertz CT molecular complexity index is 227. The van der Waals surface area contributed by atoms with Crippen molar-refractivity contribution in [3.05, 3.63) is 29.2 Å². The first-order chi connectivity index (χ1) is 6.43. The van der Waals surface area contributed by atoms with Gasteiger partial charge in [-0.2, -0.15) is 0 Å². The summed E-state index contributed by atoms with van der Waals surface area (Å²) in [4.78, 5) is 0. The third-order valence-corrected chi connectivity index (χ3v) is 2.89. The maximum atomic E-state index is 2.39. The van der Waals surface area contributed by atoms with Crippen LogP contribution in [-0.2, 0) is 0 Å². The zero-order chi connectivity index (χ0) is 10.9. The Morgan fingerprint density at radius 2 is 1.00 bits per heavy atom. The van der Waals surface area contributed by atoms with Crippen molar-refractivity contribution >= 4 is 0 Å². The van der Waals surface area contributed by atoms with Crippen molar-refractivity contribution in [3.63, 3.8) is 0 Å². The SMILES string of the molecule is CC(C)[C]1C=C(C(C)C)C(C(C)C)=C1. The Balaban J connectivity index is 2.93. The van der Waals surface area contributed by atoms with Crippen LogP contribution < -0.4 is 0 Å². The highest BCUT2D eigenvalue weighted by atomic mass is 14.3. The third-order valence-electron chi connectivity index (χ3n) is 2.89. The van der Waals surface area contributed by atoms with Crippen LogP contribution in [0.2, 0.25) is 0 Å². The Labute approximate surface area is 89.1 Å². The lowest BCUT2D eigenvalue weighted by Gasteiger charge is -2.14. The van der Waals surface area contributed by atoms with E-state index in [-0.39, 0.29) is 0 Å². The first kappa shape index (κ1) is 11.6. The Kier molecular flexibility index (Phi) is 3.58. The third kappa shape index (κ3) is 2.29. The van der Waals surface area contributed by atoms with E-state index in [9.17, 15) is 0 Å². The van der Waals surface area contributed by atoms with E-state index < -0.39 is 0 Å². The molecule has 0 fully saturated rings. The standard InChI is InChI=1S/C14H23/c1-9(2)12-7-13(10(3)4)14(8-12)11(5)6/h7-11H,1-6H3. The fraction of sp³-hybridized carbons (Fsp3) is 0.643. The van der Waals surface area contributed by atoms with Gasteiger partial charge in [0, 0.05) is 5.92 Å². The van der Waals surface area contributed by atoms with Gasteiger partial charge in [0.05, 0.1) is 0 Å². The molecule has 14 heavy (non-hydrogen) atoms.